The smallest absolute Gasteiger partial charge is 0.243 e. The fourth-order valence-corrected chi connectivity index (χ4v) is 5.81. The maximum atomic E-state index is 13.0. The molecule has 0 saturated carbocycles. The Morgan fingerprint density at radius 1 is 1.25 bits per heavy atom. The van der Waals surface area contributed by atoms with Gasteiger partial charge in [0.05, 0.1) is 4.90 Å². The Morgan fingerprint density at radius 3 is 2.88 bits per heavy atom. The third-order valence-electron chi connectivity index (χ3n) is 5.58. The number of carbonyl (C=O) groups excluding carboxylic acids is 1. The lowest BCUT2D eigenvalue weighted by molar-refractivity contribution is -0.116. The Kier molecular flexibility index (Phi) is 3.89. The second kappa shape index (κ2) is 5.82. The van der Waals surface area contributed by atoms with Crippen molar-refractivity contribution >= 4 is 21.6 Å². The van der Waals surface area contributed by atoms with E-state index in [9.17, 15) is 13.2 Å². The molecule has 2 atom stereocenters. The molecular weight excluding hydrogens is 326 g/mol. The zero-order valence-electron chi connectivity index (χ0n) is 13.9. The van der Waals surface area contributed by atoms with Crippen LogP contribution in [-0.2, 0) is 21.2 Å². The zero-order valence-corrected chi connectivity index (χ0v) is 14.7. The summed E-state index contributed by atoms with van der Waals surface area (Å²) in [5.74, 6) is 0.427. The summed E-state index contributed by atoms with van der Waals surface area (Å²) in [6, 6.07) is 5.65. The first-order chi connectivity index (χ1) is 11.5. The predicted molar refractivity (Wildman–Crippen MR) is 91.4 cm³/mol. The molecule has 4 rings (SSSR count). The quantitative estimate of drug-likeness (QED) is 0.864. The molecular formula is C17H23N3O3S. The van der Waals surface area contributed by atoms with E-state index in [-0.39, 0.29) is 5.91 Å². The molecule has 3 aliphatic heterocycles. The highest BCUT2D eigenvalue weighted by atomic mass is 32.2. The van der Waals surface area contributed by atoms with E-state index in [2.05, 4.69) is 5.32 Å². The fourth-order valence-electron chi connectivity index (χ4n) is 4.25. The SMILES string of the molecule is CC(=O)N1CCc2cc(S(=O)(=O)N3CCC4NCCC4C3)ccc21. The minimum Gasteiger partial charge on any atom is -0.314 e. The van der Waals surface area contributed by atoms with Crippen LogP contribution in [0.25, 0.3) is 0 Å². The van der Waals surface area contributed by atoms with Gasteiger partial charge in [-0.1, -0.05) is 0 Å². The number of rotatable bonds is 2. The highest BCUT2D eigenvalue weighted by Crippen LogP contribution is 2.33. The lowest BCUT2D eigenvalue weighted by Crippen LogP contribution is -2.46. The molecule has 3 aliphatic rings. The summed E-state index contributed by atoms with van der Waals surface area (Å²) in [4.78, 5) is 13.7. The summed E-state index contributed by atoms with van der Waals surface area (Å²) in [5, 5.41) is 3.46. The van der Waals surface area contributed by atoms with Crippen molar-refractivity contribution in [3.05, 3.63) is 23.8 Å². The summed E-state index contributed by atoms with van der Waals surface area (Å²) in [6.45, 7) is 4.35. The largest absolute Gasteiger partial charge is 0.314 e. The molecule has 3 heterocycles. The van der Waals surface area contributed by atoms with Gasteiger partial charge in [0.25, 0.3) is 0 Å². The van der Waals surface area contributed by atoms with Gasteiger partial charge in [0.1, 0.15) is 0 Å². The summed E-state index contributed by atoms with van der Waals surface area (Å²) in [6.07, 6.45) is 2.65. The zero-order chi connectivity index (χ0) is 16.9. The monoisotopic (exact) mass is 349 g/mol. The first-order valence-electron chi connectivity index (χ1n) is 8.61. The number of anilines is 1. The summed E-state index contributed by atoms with van der Waals surface area (Å²) >= 11 is 0. The number of sulfonamides is 1. The number of hydrogen-bond donors (Lipinski definition) is 1. The average molecular weight is 349 g/mol. The third kappa shape index (κ3) is 2.55. The molecule has 1 N–H and O–H groups in total. The van der Waals surface area contributed by atoms with Crippen molar-refractivity contribution < 1.29 is 13.2 Å². The summed E-state index contributed by atoms with van der Waals surface area (Å²) in [5.41, 5.74) is 1.80. The maximum Gasteiger partial charge on any atom is 0.243 e. The van der Waals surface area contributed by atoms with E-state index >= 15 is 0 Å². The van der Waals surface area contributed by atoms with Crippen molar-refractivity contribution in [2.75, 3.05) is 31.1 Å². The van der Waals surface area contributed by atoms with E-state index in [1.165, 1.54) is 0 Å². The molecule has 1 amide bonds. The average Bonchev–Trinajstić information content (AvgIpc) is 3.19. The van der Waals surface area contributed by atoms with Gasteiger partial charge in [-0.05, 0) is 55.5 Å². The number of carbonyl (C=O) groups is 1. The number of fused-ring (bicyclic) bond motifs is 2. The number of benzene rings is 1. The van der Waals surface area contributed by atoms with Crippen molar-refractivity contribution in [2.24, 2.45) is 5.92 Å². The van der Waals surface area contributed by atoms with Crippen LogP contribution < -0.4 is 10.2 Å². The number of hydrogen-bond acceptors (Lipinski definition) is 4. The molecule has 24 heavy (non-hydrogen) atoms. The van der Waals surface area contributed by atoms with E-state index in [0.29, 0.717) is 42.9 Å². The fraction of sp³-hybridized carbons (Fsp3) is 0.588. The maximum absolute atomic E-state index is 13.0. The molecule has 1 aromatic carbocycles. The molecule has 2 fully saturated rings. The first-order valence-corrected chi connectivity index (χ1v) is 10.1. The number of piperidine rings is 1. The molecule has 6 nitrogen and oxygen atoms in total. The van der Waals surface area contributed by atoms with E-state index in [1.54, 1.807) is 34.3 Å². The van der Waals surface area contributed by atoms with Crippen molar-refractivity contribution in [2.45, 2.75) is 37.1 Å². The van der Waals surface area contributed by atoms with Crippen LogP contribution in [0, 0.1) is 5.92 Å². The highest BCUT2D eigenvalue weighted by Gasteiger charge is 2.38. The second-order valence-electron chi connectivity index (χ2n) is 6.97. The molecule has 0 aromatic heterocycles. The molecule has 0 bridgehead atoms. The highest BCUT2D eigenvalue weighted by molar-refractivity contribution is 7.89. The summed E-state index contributed by atoms with van der Waals surface area (Å²) < 4.78 is 27.7. The lowest BCUT2D eigenvalue weighted by atomic mass is 9.95. The van der Waals surface area contributed by atoms with Gasteiger partial charge >= 0.3 is 0 Å². The number of nitrogens with zero attached hydrogens (tertiary/aromatic N) is 2. The van der Waals surface area contributed by atoms with Crippen molar-refractivity contribution in [3.63, 3.8) is 0 Å². The standard InChI is InChI=1S/C17H23N3O3S/c1-12(21)20-9-5-13-10-15(2-3-17(13)20)24(22,23)19-8-6-16-14(11-19)4-7-18-16/h2-3,10,14,16,18H,4-9,11H2,1H3. The Labute approximate surface area is 142 Å². The first kappa shape index (κ1) is 16.1. The van der Waals surface area contributed by atoms with E-state index < -0.39 is 10.0 Å². The normalized spacial score (nSPS) is 27.1. The van der Waals surface area contributed by atoms with Crippen LogP contribution >= 0.6 is 0 Å². The van der Waals surface area contributed by atoms with Gasteiger partial charge in [-0.15, -0.1) is 0 Å². The minimum absolute atomic E-state index is 0.000151. The van der Waals surface area contributed by atoms with Gasteiger partial charge in [-0.3, -0.25) is 4.79 Å². The minimum atomic E-state index is -3.46. The van der Waals surface area contributed by atoms with Crippen LogP contribution in [0.4, 0.5) is 5.69 Å². The Morgan fingerprint density at radius 2 is 2.08 bits per heavy atom. The van der Waals surface area contributed by atoms with Crippen LogP contribution in [0.5, 0.6) is 0 Å². The van der Waals surface area contributed by atoms with Gasteiger partial charge < -0.3 is 10.2 Å². The van der Waals surface area contributed by atoms with Crippen LogP contribution in [0.2, 0.25) is 0 Å². The van der Waals surface area contributed by atoms with E-state index in [0.717, 1.165) is 30.6 Å². The van der Waals surface area contributed by atoms with Crippen LogP contribution in [0.3, 0.4) is 0 Å². The summed E-state index contributed by atoms with van der Waals surface area (Å²) in [7, 11) is -3.46. The number of nitrogens with one attached hydrogen (secondary N) is 1. The van der Waals surface area contributed by atoms with Crippen LogP contribution in [0.1, 0.15) is 25.3 Å². The molecule has 130 valence electrons. The van der Waals surface area contributed by atoms with Crippen molar-refractivity contribution in [1.82, 2.24) is 9.62 Å². The van der Waals surface area contributed by atoms with Crippen molar-refractivity contribution in [1.29, 1.82) is 0 Å². The number of amides is 1. The van der Waals surface area contributed by atoms with Gasteiger partial charge in [0, 0.05) is 38.3 Å². The van der Waals surface area contributed by atoms with Crippen LogP contribution in [-0.4, -0.2) is 50.9 Å². The van der Waals surface area contributed by atoms with Crippen LogP contribution in [0.15, 0.2) is 23.1 Å². The van der Waals surface area contributed by atoms with Gasteiger partial charge in [0.2, 0.25) is 15.9 Å². The topological polar surface area (TPSA) is 69.7 Å². The molecule has 2 unspecified atom stereocenters. The van der Waals surface area contributed by atoms with Gasteiger partial charge in [0.15, 0.2) is 0 Å². The molecule has 1 aromatic rings. The second-order valence-corrected chi connectivity index (χ2v) is 8.91. The Hall–Kier alpha value is -1.44. The molecule has 2 saturated heterocycles. The molecule has 0 radical (unpaired) electrons. The third-order valence-corrected chi connectivity index (χ3v) is 7.44. The van der Waals surface area contributed by atoms with Crippen molar-refractivity contribution in [3.8, 4) is 0 Å². The van der Waals surface area contributed by atoms with Gasteiger partial charge in [-0.2, -0.15) is 4.31 Å². The lowest BCUT2D eigenvalue weighted by Gasteiger charge is -2.34. The Bertz CT molecular complexity index is 777. The molecule has 7 heteroatoms. The van der Waals surface area contributed by atoms with E-state index in [4.69, 9.17) is 0 Å². The van der Waals surface area contributed by atoms with E-state index in [1.807, 2.05) is 0 Å². The Balaban J connectivity index is 1.60. The molecule has 0 aliphatic carbocycles. The predicted octanol–water partition coefficient (Wildman–Crippen LogP) is 0.968. The van der Waals surface area contributed by atoms with Gasteiger partial charge in [-0.25, -0.2) is 8.42 Å². The molecule has 0 spiro atoms.